The highest BCUT2D eigenvalue weighted by Gasteiger charge is 2.28. The minimum absolute atomic E-state index is 0.129. The molecule has 1 unspecified atom stereocenters. The Morgan fingerprint density at radius 3 is 2.81 bits per heavy atom. The Morgan fingerprint density at radius 1 is 1.23 bits per heavy atom. The van der Waals surface area contributed by atoms with Crippen LogP contribution in [0.5, 0.6) is 5.75 Å². The predicted octanol–water partition coefficient (Wildman–Crippen LogP) is 4.30. The molecule has 2 aromatic heterocycles. The van der Waals surface area contributed by atoms with Crippen LogP contribution in [-0.4, -0.2) is 41.2 Å². The van der Waals surface area contributed by atoms with Gasteiger partial charge in [0.1, 0.15) is 15.8 Å². The summed E-state index contributed by atoms with van der Waals surface area (Å²) in [5.41, 5.74) is 1.04. The van der Waals surface area contributed by atoms with Gasteiger partial charge in [0.25, 0.3) is 5.91 Å². The topological polar surface area (TPSA) is 55.3 Å². The van der Waals surface area contributed by atoms with Gasteiger partial charge < -0.3 is 9.64 Å². The minimum Gasteiger partial charge on any atom is -0.497 e. The fraction of sp³-hybridized carbons (Fsp3) is 0.316. The van der Waals surface area contributed by atoms with Crippen molar-refractivity contribution in [2.45, 2.75) is 18.8 Å². The van der Waals surface area contributed by atoms with Crippen LogP contribution < -0.4 is 4.74 Å². The van der Waals surface area contributed by atoms with E-state index in [1.165, 1.54) is 11.3 Å². The molecule has 1 aliphatic rings. The Hall–Kier alpha value is -2.25. The Labute approximate surface area is 160 Å². The van der Waals surface area contributed by atoms with Gasteiger partial charge in [-0.25, -0.2) is 0 Å². The molecule has 0 N–H and O–H groups in total. The van der Waals surface area contributed by atoms with E-state index in [0.29, 0.717) is 6.54 Å². The number of carbonyl (C=O) groups is 1. The van der Waals surface area contributed by atoms with Gasteiger partial charge in [0, 0.05) is 24.6 Å². The summed E-state index contributed by atoms with van der Waals surface area (Å²) < 4.78 is 5.20. The molecule has 1 atom stereocenters. The number of likely N-dealkylation sites (tertiary alicyclic amines) is 1. The summed E-state index contributed by atoms with van der Waals surface area (Å²) in [6.07, 6.45) is 2.05. The number of ether oxygens (including phenoxy) is 1. The summed E-state index contributed by atoms with van der Waals surface area (Å²) in [5.74, 6) is 1.22. The van der Waals surface area contributed by atoms with Crippen molar-refractivity contribution < 1.29 is 9.53 Å². The highest BCUT2D eigenvalue weighted by molar-refractivity contribution is 7.14. The molecule has 3 aromatic rings. The molecule has 3 heterocycles. The minimum atomic E-state index is 0.129. The van der Waals surface area contributed by atoms with Crippen LogP contribution in [0.2, 0.25) is 0 Å². The molecule has 7 heteroatoms. The predicted molar refractivity (Wildman–Crippen MR) is 104 cm³/mol. The number of rotatable bonds is 4. The number of benzene rings is 1. The third-order valence-electron chi connectivity index (χ3n) is 4.57. The second-order valence-corrected chi connectivity index (χ2v) is 8.20. The molecule has 1 fully saturated rings. The van der Waals surface area contributed by atoms with E-state index in [1.807, 2.05) is 46.7 Å². The summed E-state index contributed by atoms with van der Waals surface area (Å²) in [7, 11) is 1.66. The van der Waals surface area contributed by atoms with Crippen molar-refractivity contribution in [3.05, 3.63) is 51.7 Å². The van der Waals surface area contributed by atoms with E-state index in [1.54, 1.807) is 18.4 Å². The number of amides is 1. The summed E-state index contributed by atoms with van der Waals surface area (Å²) in [6.45, 7) is 1.53. The Morgan fingerprint density at radius 2 is 2.08 bits per heavy atom. The fourth-order valence-corrected chi connectivity index (χ4v) is 4.83. The fourth-order valence-electron chi connectivity index (χ4n) is 3.17. The maximum atomic E-state index is 12.6. The average molecular weight is 386 g/mol. The van der Waals surface area contributed by atoms with Crippen LogP contribution in [-0.2, 0) is 0 Å². The lowest BCUT2D eigenvalue weighted by atomic mass is 9.98. The highest BCUT2D eigenvalue weighted by Crippen LogP contribution is 2.33. The highest BCUT2D eigenvalue weighted by atomic mass is 32.1. The van der Waals surface area contributed by atoms with Crippen LogP contribution in [0, 0.1) is 0 Å². The summed E-state index contributed by atoms with van der Waals surface area (Å²) in [4.78, 5) is 15.4. The zero-order valence-electron chi connectivity index (χ0n) is 14.4. The number of piperidine rings is 1. The first-order valence-corrected chi connectivity index (χ1v) is 10.2. The van der Waals surface area contributed by atoms with Crippen LogP contribution >= 0.6 is 22.7 Å². The van der Waals surface area contributed by atoms with Gasteiger partial charge in [0.05, 0.1) is 12.0 Å². The third kappa shape index (κ3) is 3.50. The first kappa shape index (κ1) is 17.2. The van der Waals surface area contributed by atoms with Gasteiger partial charge in [-0.15, -0.1) is 21.5 Å². The number of nitrogens with zero attached hydrogens (tertiary/aromatic N) is 3. The van der Waals surface area contributed by atoms with E-state index >= 15 is 0 Å². The van der Waals surface area contributed by atoms with E-state index in [2.05, 4.69) is 10.2 Å². The van der Waals surface area contributed by atoms with Crippen LogP contribution in [0.3, 0.4) is 0 Å². The smallest absolute Gasteiger partial charge is 0.263 e. The number of hydrogen-bond donors (Lipinski definition) is 0. The lowest BCUT2D eigenvalue weighted by Crippen LogP contribution is -2.38. The lowest BCUT2D eigenvalue weighted by molar-refractivity contribution is 0.0712. The molecule has 5 nitrogen and oxygen atoms in total. The molecule has 134 valence electrons. The second kappa shape index (κ2) is 7.55. The van der Waals surface area contributed by atoms with Crippen molar-refractivity contribution in [2.75, 3.05) is 20.2 Å². The summed E-state index contributed by atoms with van der Waals surface area (Å²) in [5, 5.41) is 12.6. The zero-order valence-corrected chi connectivity index (χ0v) is 16.1. The number of hydrogen-bond acceptors (Lipinski definition) is 6. The second-order valence-electron chi connectivity index (χ2n) is 6.24. The molecule has 1 aliphatic heterocycles. The average Bonchev–Trinajstić information content (AvgIpc) is 3.40. The van der Waals surface area contributed by atoms with Gasteiger partial charge in [0.15, 0.2) is 0 Å². The third-order valence-corrected chi connectivity index (χ3v) is 6.56. The van der Waals surface area contributed by atoms with Gasteiger partial charge in [-0.3, -0.25) is 4.79 Å². The van der Waals surface area contributed by atoms with Gasteiger partial charge in [-0.05, 0) is 48.6 Å². The molecule has 4 rings (SSSR count). The van der Waals surface area contributed by atoms with Crippen LogP contribution in [0.25, 0.3) is 10.6 Å². The van der Waals surface area contributed by atoms with Gasteiger partial charge >= 0.3 is 0 Å². The monoisotopic (exact) mass is 385 g/mol. The molecular weight excluding hydrogens is 366 g/mol. The van der Waals surface area contributed by atoms with Crippen LogP contribution in [0.1, 0.15) is 33.4 Å². The van der Waals surface area contributed by atoms with E-state index in [9.17, 15) is 4.79 Å². The maximum absolute atomic E-state index is 12.6. The summed E-state index contributed by atoms with van der Waals surface area (Å²) >= 11 is 3.12. The van der Waals surface area contributed by atoms with E-state index in [-0.39, 0.29) is 11.8 Å². The van der Waals surface area contributed by atoms with E-state index in [0.717, 1.165) is 45.6 Å². The van der Waals surface area contributed by atoms with Crippen molar-refractivity contribution in [2.24, 2.45) is 0 Å². The molecule has 0 bridgehead atoms. The molecule has 1 aromatic carbocycles. The Balaban J connectivity index is 1.49. The van der Waals surface area contributed by atoms with E-state index in [4.69, 9.17) is 4.74 Å². The van der Waals surface area contributed by atoms with Gasteiger partial charge in [-0.1, -0.05) is 17.4 Å². The maximum Gasteiger partial charge on any atom is 0.263 e. The molecule has 26 heavy (non-hydrogen) atoms. The van der Waals surface area contributed by atoms with Crippen LogP contribution in [0.4, 0.5) is 0 Å². The number of carbonyl (C=O) groups excluding carboxylic acids is 1. The normalized spacial score (nSPS) is 17.3. The molecule has 1 amide bonds. The van der Waals surface area contributed by atoms with Crippen molar-refractivity contribution in [1.29, 1.82) is 0 Å². The van der Waals surface area contributed by atoms with E-state index < -0.39 is 0 Å². The van der Waals surface area contributed by atoms with Crippen molar-refractivity contribution in [3.63, 3.8) is 0 Å². The number of methoxy groups -OCH3 is 1. The molecule has 1 saturated heterocycles. The first-order chi connectivity index (χ1) is 12.7. The number of aromatic nitrogens is 2. The first-order valence-electron chi connectivity index (χ1n) is 8.55. The molecule has 0 aliphatic carbocycles. The molecule has 0 radical (unpaired) electrons. The Bertz CT molecular complexity index is 875. The largest absolute Gasteiger partial charge is 0.497 e. The quantitative estimate of drug-likeness (QED) is 0.672. The lowest BCUT2D eigenvalue weighted by Gasteiger charge is -2.31. The number of thiophene rings is 1. The molecule has 0 saturated carbocycles. The van der Waals surface area contributed by atoms with Crippen molar-refractivity contribution in [3.8, 4) is 16.3 Å². The van der Waals surface area contributed by atoms with Crippen LogP contribution in [0.15, 0.2) is 41.8 Å². The van der Waals surface area contributed by atoms with Gasteiger partial charge in [0.2, 0.25) is 0 Å². The van der Waals surface area contributed by atoms with Gasteiger partial charge in [-0.2, -0.15) is 0 Å². The SMILES string of the molecule is COc1ccc(-c2nnc(C3CCCN(C(=O)c4cccs4)C3)s2)cc1. The zero-order chi connectivity index (χ0) is 17.9. The summed E-state index contributed by atoms with van der Waals surface area (Å²) in [6, 6.07) is 11.7. The Kier molecular flexibility index (Phi) is 4.99. The molecular formula is C19H19N3O2S2. The van der Waals surface area contributed by atoms with Crippen molar-refractivity contribution in [1.82, 2.24) is 15.1 Å². The molecule has 0 spiro atoms. The standard InChI is InChI=1S/C19H19N3O2S2/c1-24-15-8-6-13(7-9-15)17-20-21-18(26-17)14-4-2-10-22(12-14)19(23)16-5-3-11-25-16/h3,5-9,11,14H,2,4,10,12H2,1H3. The van der Waals surface area contributed by atoms with Crippen molar-refractivity contribution >= 4 is 28.6 Å².